The summed E-state index contributed by atoms with van der Waals surface area (Å²) in [5.74, 6) is 0. The molecule has 0 unspecified atom stereocenters. The Labute approximate surface area is 97.4 Å². The summed E-state index contributed by atoms with van der Waals surface area (Å²) in [4.78, 5) is 14.4. The third-order valence-electron chi connectivity index (χ3n) is 1.82. The monoisotopic (exact) mass is 244 g/mol. The van der Waals surface area contributed by atoms with Crippen molar-refractivity contribution in [2.45, 2.75) is 14.7 Å². The standard InChI is InChI=1S/C10H12OS3/c1-12-8-4-7(6-11)5-9(13-2)10(8)14-3/h4-6H,1-3H3. The van der Waals surface area contributed by atoms with Gasteiger partial charge in [-0.25, -0.2) is 0 Å². The van der Waals surface area contributed by atoms with Gasteiger partial charge in [0.25, 0.3) is 0 Å². The Morgan fingerprint density at radius 2 is 1.50 bits per heavy atom. The number of aldehydes is 1. The van der Waals surface area contributed by atoms with Gasteiger partial charge in [0, 0.05) is 20.2 Å². The average molecular weight is 244 g/mol. The number of thioether (sulfide) groups is 3. The van der Waals surface area contributed by atoms with E-state index in [1.165, 1.54) is 14.7 Å². The van der Waals surface area contributed by atoms with E-state index in [2.05, 4.69) is 6.26 Å². The summed E-state index contributed by atoms with van der Waals surface area (Å²) in [6.45, 7) is 0. The second-order valence-electron chi connectivity index (χ2n) is 2.58. The van der Waals surface area contributed by atoms with E-state index in [4.69, 9.17) is 0 Å². The van der Waals surface area contributed by atoms with Gasteiger partial charge >= 0.3 is 0 Å². The second-order valence-corrected chi connectivity index (χ2v) is 5.09. The number of carbonyl (C=O) groups excluding carboxylic acids is 1. The van der Waals surface area contributed by atoms with Crippen LogP contribution in [0.5, 0.6) is 0 Å². The highest BCUT2D eigenvalue weighted by Gasteiger charge is 2.08. The fourth-order valence-corrected chi connectivity index (χ4v) is 3.85. The zero-order valence-corrected chi connectivity index (χ0v) is 10.8. The Hall–Kier alpha value is -0.0600. The molecule has 0 spiro atoms. The van der Waals surface area contributed by atoms with Crippen molar-refractivity contribution in [3.63, 3.8) is 0 Å². The van der Waals surface area contributed by atoms with Crippen LogP contribution < -0.4 is 0 Å². The van der Waals surface area contributed by atoms with E-state index >= 15 is 0 Å². The molecular weight excluding hydrogens is 232 g/mol. The quantitative estimate of drug-likeness (QED) is 0.593. The molecule has 0 saturated heterocycles. The molecule has 1 aromatic carbocycles. The van der Waals surface area contributed by atoms with E-state index in [1.807, 2.05) is 24.6 Å². The van der Waals surface area contributed by atoms with Crippen molar-refractivity contribution in [2.75, 3.05) is 18.8 Å². The van der Waals surface area contributed by atoms with Gasteiger partial charge in [-0.3, -0.25) is 4.79 Å². The van der Waals surface area contributed by atoms with Crippen LogP contribution in [0.15, 0.2) is 26.8 Å². The Bertz CT molecular complexity index is 311. The lowest BCUT2D eigenvalue weighted by Crippen LogP contribution is -1.87. The second kappa shape index (κ2) is 5.73. The number of benzene rings is 1. The fourth-order valence-electron chi connectivity index (χ4n) is 1.17. The molecular formula is C10H12OS3. The molecule has 0 atom stereocenters. The van der Waals surface area contributed by atoms with Crippen LogP contribution in [0.2, 0.25) is 0 Å². The van der Waals surface area contributed by atoms with E-state index in [-0.39, 0.29) is 0 Å². The number of hydrogen-bond acceptors (Lipinski definition) is 4. The highest BCUT2D eigenvalue weighted by atomic mass is 32.2. The molecule has 76 valence electrons. The molecule has 0 N–H and O–H groups in total. The molecule has 1 aromatic rings. The van der Waals surface area contributed by atoms with Gasteiger partial charge in [-0.05, 0) is 30.9 Å². The lowest BCUT2D eigenvalue weighted by Gasteiger charge is -2.10. The van der Waals surface area contributed by atoms with E-state index in [0.717, 1.165) is 11.8 Å². The van der Waals surface area contributed by atoms with Gasteiger partial charge < -0.3 is 0 Å². The van der Waals surface area contributed by atoms with Crippen molar-refractivity contribution < 1.29 is 4.79 Å². The average Bonchev–Trinajstić information content (AvgIpc) is 2.26. The van der Waals surface area contributed by atoms with Crippen LogP contribution in [0.3, 0.4) is 0 Å². The highest BCUT2D eigenvalue weighted by Crippen LogP contribution is 2.36. The lowest BCUT2D eigenvalue weighted by molar-refractivity contribution is 0.112. The first kappa shape index (κ1) is 12.0. The molecule has 1 nitrogen and oxygen atoms in total. The Balaban J connectivity index is 3.31. The molecule has 0 amide bonds. The van der Waals surface area contributed by atoms with E-state index in [1.54, 1.807) is 35.3 Å². The summed E-state index contributed by atoms with van der Waals surface area (Å²) in [5, 5.41) is 0. The van der Waals surface area contributed by atoms with Gasteiger partial charge in [-0.2, -0.15) is 0 Å². The van der Waals surface area contributed by atoms with Gasteiger partial charge in [0.2, 0.25) is 0 Å². The maximum absolute atomic E-state index is 10.7. The summed E-state index contributed by atoms with van der Waals surface area (Å²) >= 11 is 5.10. The SMILES string of the molecule is CSc1cc(C=O)cc(SC)c1SC. The van der Waals surface area contributed by atoms with Gasteiger partial charge in [0.05, 0.1) is 0 Å². The molecule has 0 aliphatic heterocycles. The predicted octanol–water partition coefficient (Wildman–Crippen LogP) is 3.66. The van der Waals surface area contributed by atoms with Crippen molar-refractivity contribution in [3.05, 3.63) is 17.7 Å². The maximum atomic E-state index is 10.7. The molecule has 0 heterocycles. The highest BCUT2D eigenvalue weighted by molar-refractivity contribution is 8.03. The van der Waals surface area contributed by atoms with Crippen LogP contribution in [0.4, 0.5) is 0 Å². The zero-order chi connectivity index (χ0) is 10.6. The molecule has 0 aromatic heterocycles. The Kier molecular flexibility index (Phi) is 4.92. The van der Waals surface area contributed by atoms with Crippen LogP contribution in [0.1, 0.15) is 10.4 Å². The van der Waals surface area contributed by atoms with E-state index in [0.29, 0.717) is 0 Å². The summed E-state index contributed by atoms with van der Waals surface area (Å²) in [5.41, 5.74) is 0.761. The summed E-state index contributed by atoms with van der Waals surface area (Å²) < 4.78 is 0. The summed E-state index contributed by atoms with van der Waals surface area (Å²) in [6.07, 6.45) is 7.04. The Morgan fingerprint density at radius 3 is 1.79 bits per heavy atom. The number of carbonyl (C=O) groups is 1. The van der Waals surface area contributed by atoms with Crippen LogP contribution in [0.25, 0.3) is 0 Å². The van der Waals surface area contributed by atoms with Crippen LogP contribution in [-0.2, 0) is 0 Å². The van der Waals surface area contributed by atoms with E-state index < -0.39 is 0 Å². The minimum absolute atomic E-state index is 0.761. The van der Waals surface area contributed by atoms with Crippen LogP contribution in [-0.4, -0.2) is 25.1 Å². The molecule has 0 fully saturated rings. The topological polar surface area (TPSA) is 17.1 Å². The van der Waals surface area contributed by atoms with Gasteiger partial charge in [0.15, 0.2) is 0 Å². The third-order valence-corrected chi connectivity index (χ3v) is 4.45. The lowest BCUT2D eigenvalue weighted by atomic mass is 10.2. The summed E-state index contributed by atoms with van der Waals surface area (Å²) in [6, 6.07) is 3.90. The van der Waals surface area contributed by atoms with Gasteiger partial charge in [0.1, 0.15) is 6.29 Å². The van der Waals surface area contributed by atoms with Crippen LogP contribution in [0, 0.1) is 0 Å². The zero-order valence-electron chi connectivity index (χ0n) is 8.37. The minimum Gasteiger partial charge on any atom is -0.298 e. The minimum atomic E-state index is 0.761. The number of hydrogen-bond donors (Lipinski definition) is 0. The molecule has 0 aliphatic carbocycles. The van der Waals surface area contributed by atoms with Crippen molar-refractivity contribution in [1.29, 1.82) is 0 Å². The number of rotatable bonds is 4. The van der Waals surface area contributed by atoms with E-state index in [9.17, 15) is 4.79 Å². The predicted molar refractivity (Wildman–Crippen MR) is 67.2 cm³/mol. The smallest absolute Gasteiger partial charge is 0.150 e. The van der Waals surface area contributed by atoms with Gasteiger partial charge in [-0.1, -0.05) is 0 Å². The first-order chi connectivity index (χ1) is 6.76. The summed E-state index contributed by atoms with van der Waals surface area (Å²) in [7, 11) is 0. The fraction of sp³-hybridized carbons (Fsp3) is 0.300. The molecule has 4 heteroatoms. The molecule has 0 bridgehead atoms. The maximum Gasteiger partial charge on any atom is 0.150 e. The molecule has 14 heavy (non-hydrogen) atoms. The third kappa shape index (κ3) is 2.49. The van der Waals surface area contributed by atoms with Crippen molar-refractivity contribution in [3.8, 4) is 0 Å². The van der Waals surface area contributed by atoms with Gasteiger partial charge in [-0.15, -0.1) is 35.3 Å². The molecule has 0 saturated carbocycles. The molecule has 1 rings (SSSR count). The first-order valence-electron chi connectivity index (χ1n) is 4.02. The van der Waals surface area contributed by atoms with Crippen LogP contribution >= 0.6 is 35.3 Å². The van der Waals surface area contributed by atoms with Crippen molar-refractivity contribution in [2.24, 2.45) is 0 Å². The van der Waals surface area contributed by atoms with Crippen molar-refractivity contribution >= 4 is 41.6 Å². The largest absolute Gasteiger partial charge is 0.298 e. The first-order valence-corrected chi connectivity index (χ1v) is 7.69. The van der Waals surface area contributed by atoms with Crippen molar-refractivity contribution in [1.82, 2.24) is 0 Å². The molecule has 0 radical (unpaired) electrons. The Morgan fingerprint density at radius 1 is 1.00 bits per heavy atom. The molecule has 0 aliphatic rings. The normalized spacial score (nSPS) is 10.2.